The molecule has 27 heavy (non-hydrogen) atoms. The minimum Gasteiger partial charge on any atom is -0.393 e. The molecule has 144 valence electrons. The minimum absolute atomic E-state index is 0.300. The van der Waals surface area contributed by atoms with Crippen molar-refractivity contribution in [3.05, 3.63) is 64.7 Å². The topological polar surface area (TPSA) is 61.4 Å². The average molecular weight is 378 g/mol. The first-order valence-corrected chi connectivity index (χ1v) is 8.83. The van der Waals surface area contributed by atoms with Crippen LogP contribution in [0.3, 0.4) is 0 Å². The van der Waals surface area contributed by atoms with Gasteiger partial charge in [0.25, 0.3) is 0 Å². The average Bonchev–Trinajstić information content (AvgIpc) is 2.62. The number of carbonyl (C=O) groups excluding carboxylic acids is 1. The summed E-state index contributed by atoms with van der Waals surface area (Å²) in [7, 11) is 0. The van der Waals surface area contributed by atoms with Crippen molar-refractivity contribution in [1.82, 2.24) is 5.32 Å². The molecule has 1 atom stereocenters. The Hall–Kier alpha value is -2.54. The van der Waals surface area contributed by atoms with Crippen LogP contribution in [-0.2, 0) is 25.4 Å². The lowest BCUT2D eigenvalue weighted by Gasteiger charge is -2.23. The fourth-order valence-electron chi connectivity index (χ4n) is 3.23. The molecule has 3 N–H and O–H groups in total. The second-order valence-corrected chi connectivity index (χ2v) is 6.67. The monoisotopic (exact) mass is 378 g/mol. The first kappa shape index (κ1) is 19.2. The number of nitrogens with one attached hydrogen (secondary N) is 2. The quantitative estimate of drug-likeness (QED) is 0.755. The third kappa shape index (κ3) is 5.01. The maximum Gasteiger partial charge on any atom is 0.416 e. The highest BCUT2D eigenvalue weighted by Crippen LogP contribution is 2.29. The molecule has 3 rings (SSSR count). The van der Waals surface area contributed by atoms with Gasteiger partial charge >= 0.3 is 12.2 Å². The summed E-state index contributed by atoms with van der Waals surface area (Å²) in [6.07, 6.45) is -2.31. The number of anilines is 1. The number of halogens is 3. The van der Waals surface area contributed by atoms with Crippen molar-refractivity contribution >= 4 is 11.7 Å². The van der Waals surface area contributed by atoms with Crippen LogP contribution in [0.4, 0.5) is 23.7 Å². The predicted molar refractivity (Wildman–Crippen MR) is 96.6 cm³/mol. The number of benzene rings is 2. The third-order valence-corrected chi connectivity index (χ3v) is 4.69. The molecule has 0 spiro atoms. The fraction of sp³-hybridized carbons (Fsp3) is 0.350. The van der Waals surface area contributed by atoms with E-state index in [9.17, 15) is 23.1 Å². The number of alkyl halides is 3. The summed E-state index contributed by atoms with van der Waals surface area (Å²) in [6, 6.07) is 10.2. The van der Waals surface area contributed by atoms with E-state index in [1.54, 1.807) is 6.07 Å². The van der Waals surface area contributed by atoms with Crippen LogP contribution in [0.25, 0.3) is 0 Å². The van der Waals surface area contributed by atoms with Gasteiger partial charge in [-0.1, -0.05) is 24.3 Å². The van der Waals surface area contributed by atoms with Crippen molar-refractivity contribution in [2.24, 2.45) is 0 Å². The van der Waals surface area contributed by atoms with Crippen LogP contribution in [0, 0.1) is 0 Å². The summed E-state index contributed by atoms with van der Waals surface area (Å²) >= 11 is 0. The van der Waals surface area contributed by atoms with Crippen LogP contribution in [0.2, 0.25) is 0 Å². The van der Waals surface area contributed by atoms with Crippen molar-refractivity contribution in [1.29, 1.82) is 0 Å². The molecule has 0 aromatic heterocycles. The van der Waals surface area contributed by atoms with E-state index in [-0.39, 0.29) is 6.03 Å². The normalized spacial score (nSPS) is 16.5. The van der Waals surface area contributed by atoms with Gasteiger partial charge < -0.3 is 15.7 Å². The molecule has 7 heteroatoms. The molecule has 0 saturated heterocycles. The number of hydrogen-bond donors (Lipinski definition) is 3. The number of hydrogen-bond acceptors (Lipinski definition) is 2. The van der Waals surface area contributed by atoms with Crippen molar-refractivity contribution in [2.45, 2.75) is 38.0 Å². The van der Waals surface area contributed by atoms with Gasteiger partial charge in [0.15, 0.2) is 0 Å². The molecule has 2 aromatic rings. The zero-order valence-electron chi connectivity index (χ0n) is 14.6. The number of fused-ring (bicyclic) bond motifs is 1. The van der Waals surface area contributed by atoms with E-state index in [2.05, 4.69) is 10.6 Å². The summed E-state index contributed by atoms with van der Waals surface area (Å²) < 4.78 is 37.6. The Morgan fingerprint density at radius 2 is 1.89 bits per heavy atom. The molecule has 4 nitrogen and oxygen atoms in total. The van der Waals surface area contributed by atoms with Crippen LogP contribution in [-0.4, -0.2) is 23.8 Å². The second kappa shape index (κ2) is 8.00. The van der Waals surface area contributed by atoms with Gasteiger partial charge in [0.05, 0.1) is 11.7 Å². The van der Waals surface area contributed by atoms with Crippen LogP contribution in [0.1, 0.15) is 28.7 Å². The first-order valence-electron chi connectivity index (χ1n) is 8.83. The molecule has 0 bridgehead atoms. The summed E-state index contributed by atoms with van der Waals surface area (Å²) in [5.74, 6) is 0. The number of aliphatic hydroxyl groups is 1. The van der Waals surface area contributed by atoms with Gasteiger partial charge in [-0.05, 0) is 54.2 Å². The molecule has 1 aliphatic carbocycles. The molecular weight excluding hydrogens is 357 g/mol. The van der Waals surface area contributed by atoms with E-state index >= 15 is 0 Å². The number of carbonyl (C=O) groups is 1. The Bertz CT molecular complexity index is 804. The summed E-state index contributed by atoms with van der Waals surface area (Å²) in [5.41, 5.74) is 2.78. The minimum atomic E-state index is -4.35. The first-order chi connectivity index (χ1) is 12.8. The maximum atomic E-state index is 12.5. The molecule has 0 saturated carbocycles. The highest BCUT2D eigenvalue weighted by atomic mass is 19.4. The molecule has 0 heterocycles. The van der Waals surface area contributed by atoms with Gasteiger partial charge in [-0.15, -0.1) is 0 Å². The van der Waals surface area contributed by atoms with Crippen molar-refractivity contribution in [2.75, 3.05) is 11.9 Å². The summed E-state index contributed by atoms with van der Waals surface area (Å²) in [4.78, 5) is 12.1. The Morgan fingerprint density at radius 1 is 1.15 bits per heavy atom. The molecule has 0 unspecified atom stereocenters. The largest absolute Gasteiger partial charge is 0.416 e. The van der Waals surface area contributed by atoms with Gasteiger partial charge in [0, 0.05) is 18.7 Å². The van der Waals surface area contributed by atoms with E-state index < -0.39 is 17.8 Å². The molecule has 2 amide bonds. The van der Waals surface area contributed by atoms with E-state index in [0.717, 1.165) is 36.1 Å². The van der Waals surface area contributed by atoms with Crippen LogP contribution < -0.4 is 10.6 Å². The Kier molecular flexibility index (Phi) is 5.70. The van der Waals surface area contributed by atoms with Crippen molar-refractivity contribution in [3.8, 4) is 0 Å². The molecule has 0 aliphatic heterocycles. The van der Waals surface area contributed by atoms with Gasteiger partial charge in [0.1, 0.15) is 0 Å². The SMILES string of the molecule is O=C(NCCc1ccc(C(F)(F)F)cc1)Nc1cccc2c1C[C@H](O)CC2. The van der Waals surface area contributed by atoms with Gasteiger partial charge in [-0.3, -0.25) is 0 Å². The highest BCUT2D eigenvalue weighted by molar-refractivity contribution is 5.90. The van der Waals surface area contributed by atoms with E-state index in [4.69, 9.17) is 0 Å². The summed E-state index contributed by atoms with van der Waals surface area (Å²) in [6.45, 7) is 0.300. The maximum absolute atomic E-state index is 12.5. The highest BCUT2D eigenvalue weighted by Gasteiger charge is 2.29. The molecule has 2 aromatic carbocycles. The van der Waals surface area contributed by atoms with E-state index in [1.807, 2.05) is 12.1 Å². The molecule has 0 fully saturated rings. The van der Waals surface area contributed by atoms with Gasteiger partial charge in [-0.2, -0.15) is 13.2 Å². The lowest BCUT2D eigenvalue weighted by atomic mass is 9.88. The number of amides is 2. The Balaban J connectivity index is 1.52. The van der Waals surface area contributed by atoms with Gasteiger partial charge in [-0.25, -0.2) is 4.79 Å². The summed E-state index contributed by atoms with van der Waals surface area (Å²) in [5, 5.41) is 15.4. The Morgan fingerprint density at radius 3 is 2.59 bits per heavy atom. The van der Waals surface area contributed by atoms with Gasteiger partial charge in [0.2, 0.25) is 0 Å². The van der Waals surface area contributed by atoms with Crippen LogP contribution >= 0.6 is 0 Å². The number of aliphatic hydroxyl groups excluding tert-OH is 1. The van der Waals surface area contributed by atoms with Crippen LogP contribution in [0.5, 0.6) is 0 Å². The standard InChI is InChI=1S/C20H21F3N2O2/c21-20(22,23)15-7-4-13(5-8-15)10-11-24-19(27)25-18-3-1-2-14-6-9-16(26)12-17(14)18/h1-5,7-8,16,26H,6,9-12H2,(H2,24,25,27)/t16-/m1/s1. The number of aryl methyl sites for hydroxylation is 1. The zero-order chi connectivity index (χ0) is 19.4. The lowest BCUT2D eigenvalue weighted by Crippen LogP contribution is -2.31. The predicted octanol–water partition coefficient (Wildman–Crippen LogP) is 3.92. The third-order valence-electron chi connectivity index (χ3n) is 4.69. The smallest absolute Gasteiger partial charge is 0.393 e. The molecule has 0 radical (unpaired) electrons. The van der Waals surface area contributed by atoms with Crippen molar-refractivity contribution in [3.63, 3.8) is 0 Å². The van der Waals surface area contributed by atoms with E-state index in [0.29, 0.717) is 30.6 Å². The van der Waals surface area contributed by atoms with Crippen molar-refractivity contribution < 1.29 is 23.1 Å². The molecular formula is C20H21F3N2O2. The van der Waals surface area contributed by atoms with E-state index in [1.165, 1.54) is 12.1 Å². The Labute approximate surface area is 155 Å². The fourth-order valence-corrected chi connectivity index (χ4v) is 3.23. The zero-order valence-corrected chi connectivity index (χ0v) is 14.6. The lowest BCUT2D eigenvalue weighted by molar-refractivity contribution is -0.137. The second-order valence-electron chi connectivity index (χ2n) is 6.67. The van der Waals surface area contributed by atoms with Crippen LogP contribution in [0.15, 0.2) is 42.5 Å². The number of rotatable bonds is 4. The number of urea groups is 1. The molecule has 1 aliphatic rings.